The van der Waals surface area contributed by atoms with Gasteiger partial charge in [-0.15, -0.1) is 0 Å². The first-order chi connectivity index (χ1) is 11.4. The zero-order chi connectivity index (χ0) is 18.0. The highest BCUT2D eigenvalue weighted by molar-refractivity contribution is 5.86. The van der Waals surface area contributed by atoms with Crippen molar-refractivity contribution in [2.24, 2.45) is 5.92 Å². The fourth-order valence-electron chi connectivity index (χ4n) is 2.41. The van der Waals surface area contributed by atoms with E-state index in [0.717, 1.165) is 6.42 Å². The molecule has 1 saturated heterocycles. The van der Waals surface area contributed by atoms with Crippen molar-refractivity contribution in [2.75, 3.05) is 46.6 Å². The van der Waals surface area contributed by atoms with Crippen LogP contribution in [0.5, 0.6) is 0 Å². The summed E-state index contributed by atoms with van der Waals surface area (Å²) in [5, 5.41) is 19.2. The van der Waals surface area contributed by atoms with Crippen molar-refractivity contribution < 1.29 is 34.0 Å². The number of esters is 1. The highest BCUT2D eigenvalue weighted by atomic mass is 16.7. The van der Waals surface area contributed by atoms with Crippen molar-refractivity contribution in [3.63, 3.8) is 0 Å². The third kappa shape index (κ3) is 7.12. The monoisotopic (exact) mass is 347 g/mol. The molecule has 1 fully saturated rings. The van der Waals surface area contributed by atoms with Gasteiger partial charge in [-0.05, 0) is 6.42 Å². The molecule has 0 aromatic carbocycles. The summed E-state index contributed by atoms with van der Waals surface area (Å²) in [5.41, 5.74) is 0. The van der Waals surface area contributed by atoms with E-state index < -0.39 is 17.7 Å². The van der Waals surface area contributed by atoms with E-state index in [0.29, 0.717) is 13.0 Å². The summed E-state index contributed by atoms with van der Waals surface area (Å²) < 4.78 is 15.7. The van der Waals surface area contributed by atoms with Gasteiger partial charge in [0.25, 0.3) is 0 Å². The van der Waals surface area contributed by atoms with Gasteiger partial charge in [0.1, 0.15) is 6.61 Å². The number of rotatable bonds is 12. The molecular formula is C16H29NO7. The molecule has 8 nitrogen and oxygen atoms in total. The molecule has 0 bridgehead atoms. The van der Waals surface area contributed by atoms with Crippen molar-refractivity contribution in [2.45, 2.75) is 38.4 Å². The van der Waals surface area contributed by atoms with E-state index in [-0.39, 0.29) is 51.8 Å². The maximum atomic E-state index is 12.2. The molecule has 0 aliphatic carbocycles. The van der Waals surface area contributed by atoms with Crippen LogP contribution in [0, 0.1) is 5.92 Å². The fraction of sp³-hybridized carbons (Fsp3) is 0.875. The van der Waals surface area contributed by atoms with Crippen LogP contribution in [0.15, 0.2) is 0 Å². The van der Waals surface area contributed by atoms with Gasteiger partial charge < -0.3 is 29.3 Å². The normalized spacial score (nSPS) is 20.2. The Morgan fingerprint density at radius 3 is 2.62 bits per heavy atom. The van der Waals surface area contributed by atoms with Gasteiger partial charge >= 0.3 is 5.97 Å². The molecule has 24 heavy (non-hydrogen) atoms. The van der Waals surface area contributed by atoms with Gasteiger partial charge in [-0.1, -0.05) is 13.3 Å². The smallest absolute Gasteiger partial charge is 0.313 e. The van der Waals surface area contributed by atoms with E-state index in [1.54, 1.807) is 7.05 Å². The van der Waals surface area contributed by atoms with Gasteiger partial charge in [-0.3, -0.25) is 9.59 Å². The maximum absolute atomic E-state index is 12.2. The highest BCUT2D eigenvalue weighted by Crippen LogP contribution is 2.23. The first-order valence-electron chi connectivity index (χ1n) is 8.37. The highest BCUT2D eigenvalue weighted by Gasteiger charge is 2.38. The average Bonchev–Trinajstić information content (AvgIpc) is 2.88. The minimum Gasteiger partial charge on any atom is -0.430 e. The lowest BCUT2D eigenvalue weighted by atomic mass is 10.1. The molecule has 1 amide bonds. The first-order valence-corrected chi connectivity index (χ1v) is 8.37. The lowest BCUT2D eigenvalue weighted by Crippen LogP contribution is -2.42. The molecule has 140 valence electrons. The molecule has 0 aromatic rings. The van der Waals surface area contributed by atoms with Crippen LogP contribution in [-0.4, -0.2) is 79.4 Å². The van der Waals surface area contributed by atoms with Gasteiger partial charge in [-0.2, -0.15) is 0 Å². The molecule has 1 rings (SSSR count). The zero-order valence-corrected chi connectivity index (χ0v) is 14.5. The lowest BCUT2D eigenvalue weighted by Gasteiger charge is -2.28. The fourth-order valence-corrected chi connectivity index (χ4v) is 2.41. The number of aliphatic hydroxyl groups excluding tert-OH is 1. The Morgan fingerprint density at radius 2 is 2.04 bits per heavy atom. The number of nitrogens with zero attached hydrogens (tertiary/aromatic N) is 1. The second-order valence-electron chi connectivity index (χ2n) is 6.03. The molecule has 8 heteroatoms. The molecule has 2 atom stereocenters. The van der Waals surface area contributed by atoms with Crippen LogP contribution in [0.25, 0.3) is 0 Å². The van der Waals surface area contributed by atoms with Crippen molar-refractivity contribution >= 4 is 11.9 Å². The molecule has 1 aliphatic heterocycles. The number of likely N-dealkylation sites (tertiary alicyclic amines) is 1. The second-order valence-corrected chi connectivity index (χ2v) is 6.03. The number of carbonyl (C=O) groups excluding carboxylic acids is 2. The molecule has 2 unspecified atom stereocenters. The number of unbranched alkanes of at least 4 members (excludes halogenated alkanes) is 1. The number of carbonyl (C=O) groups is 2. The third-order valence-electron chi connectivity index (χ3n) is 3.82. The Bertz CT molecular complexity index is 404. The van der Waals surface area contributed by atoms with Crippen LogP contribution in [-0.2, 0) is 23.8 Å². The second kappa shape index (κ2) is 10.6. The number of hydrogen-bond donors (Lipinski definition) is 2. The quantitative estimate of drug-likeness (QED) is 0.289. The van der Waals surface area contributed by atoms with Gasteiger partial charge in [0.2, 0.25) is 11.7 Å². The summed E-state index contributed by atoms with van der Waals surface area (Å²) in [7, 11) is 1.63. The number of aliphatic hydroxyl groups is 2. The zero-order valence-electron chi connectivity index (χ0n) is 14.5. The predicted octanol–water partition coefficient (Wildman–Crippen LogP) is -0.0878. The Morgan fingerprint density at radius 1 is 1.33 bits per heavy atom. The molecular weight excluding hydrogens is 318 g/mol. The van der Waals surface area contributed by atoms with Gasteiger partial charge in [0.15, 0.2) is 0 Å². The van der Waals surface area contributed by atoms with E-state index in [1.807, 2.05) is 6.92 Å². The summed E-state index contributed by atoms with van der Waals surface area (Å²) in [6.07, 6.45) is 1.89. The summed E-state index contributed by atoms with van der Waals surface area (Å²) in [6, 6.07) is 0. The topological polar surface area (TPSA) is 106 Å². The van der Waals surface area contributed by atoms with Crippen LogP contribution in [0.4, 0.5) is 0 Å². The van der Waals surface area contributed by atoms with E-state index in [9.17, 15) is 14.7 Å². The predicted molar refractivity (Wildman–Crippen MR) is 85.0 cm³/mol. The Hall–Kier alpha value is -1.22. The lowest BCUT2D eigenvalue weighted by molar-refractivity contribution is -0.236. The van der Waals surface area contributed by atoms with E-state index in [1.165, 1.54) is 4.90 Å². The van der Waals surface area contributed by atoms with Crippen molar-refractivity contribution in [1.82, 2.24) is 4.90 Å². The van der Waals surface area contributed by atoms with E-state index >= 15 is 0 Å². The Kier molecular flexibility index (Phi) is 9.20. The third-order valence-corrected chi connectivity index (χ3v) is 3.82. The average molecular weight is 347 g/mol. The van der Waals surface area contributed by atoms with Gasteiger partial charge in [0, 0.05) is 26.4 Å². The molecule has 0 spiro atoms. The summed E-state index contributed by atoms with van der Waals surface area (Å²) in [6.45, 7) is 2.77. The summed E-state index contributed by atoms with van der Waals surface area (Å²) >= 11 is 0. The number of amides is 1. The molecule has 0 saturated carbocycles. The molecule has 0 aromatic heterocycles. The first kappa shape index (κ1) is 20.8. The number of ether oxygens (including phenoxy) is 3. The molecule has 2 N–H and O–H groups in total. The van der Waals surface area contributed by atoms with Crippen molar-refractivity contribution in [1.29, 1.82) is 0 Å². The number of hydrogen-bond acceptors (Lipinski definition) is 7. The SMILES string of the molecule is CCCCC(O)(COCCOCCO)OC(=O)C1CC(=O)N(C)C1. The minimum absolute atomic E-state index is 0.0629. The maximum Gasteiger partial charge on any atom is 0.313 e. The van der Waals surface area contributed by atoms with Crippen LogP contribution in [0.2, 0.25) is 0 Å². The van der Waals surface area contributed by atoms with Crippen LogP contribution >= 0.6 is 0 Å². The minimum atomic E-state index is -1.70. The Balaban J connectivity index is 2.47. The largest absolute Gasteiger partial charge is 0.430 e. The molecule has 0 radical (unpaired) electrons. The Labute approximate surface area is 142 Å². The van der Waals surface area contributed by atoms with Crippen LogP contribution < -0.4 is 0 Å². The summed E-state index contributed by atoms with van der Waals surface area (Å²) in [4.78, 5) is 25.2. The summed E-state index contributed by atoms with van der Waals surface area (Å²) in [5.74, 6) is -2.94. The van der Waals surface area contributed by atoms with Gasteiger partial charge in [0.05, 0.1) is 32.3 Å². The molecule has 1 heterocycles. The van der Waals surface area contributed by atoms with Crippen LogP contribution in [0.1, 0.15) is 32.6 Å². The van der Waals surface area contributed by atoms with Gasteiger partial charge in [-0.25, -0.2) is 0 Å². The molecule has 1 aliphatic rings. The van der Waals surface area contributed by atoms with E-state index in [2.05, 4.69) is 0 Å². The van der Waals surface area contributed by atoms with Crippen molar-refractivity contribution in [3.05, 3.63) is 0 Å². The van der Waals surface area contributed by atoms with Crippen molar-refractivity contribution in [3.8, 4) is 0 Å². The van der Waals surface area contributed by atoms with Crippen LogP contribution in [0.3, 0.4) is 0 Å². The van der Waals surface area contributed by atoms with E-state index in [4.69, 9.17) is 19.3 Å². The standard InChI is InChI=1S/C16H29NO7/c1-3-4-5-16(21,12-23-9-8-22-7-6-18)24-15(20)13-10-14(19)17(2)11-13/h13,18,21H,3-12H2,1-2H3.